The third-order valence-electron chi connectivity index (χ3n) is 8.32. The molecule has 2 aromatic heterocycles. The van der Waals surface area contributed by atoms with Gasteiger partial charge < -0.3 is 19.5 Å². The van der Waals surface area contributed by atoms with Gasteiger partial charge in [-0.2, -0.15) is 0 Å². The number of thiocarbonyl (C=S) groups is 1. The molecule has 200 valence electrons. The summed E-state index contributed by atoms with van der Waals surface area (Å²) in [5, 5.41) is 4.33. The number of benzene rings is 2. The molecule has 1 aliphatic carbocycles. The minimum atomic E-state index is -0.0538. The van der Waals surface area contributed by atoms with E-state index in [0.29, 0.717) is 11.2 Å². The van der Waals surface area contributed by atoms with Gasteiger partial charge in [-0.15, -0.1) is 0 Å². The third kappa shape index (κ3) is 4.94. The molecule has 2 aromatic carbocycles. The number of nitrogens with zero attached hydrogens (tertiary/aromatic N) is 3. The minimum Gasteiger partial charge on any atom is -0.457 e. The fourth-order valence-corrected chi connectivity index (χ4v) is 6.77. The van der Waals surface area contributed by atoms with Crippen LogP contribution in [0.4, 0.5) is 5.69 Å². The molecule has 5 nitrogen and oxygen atoms in total. The van der Waals surface area contributed by atoms with Crippen LogP contribution in [0.2, 0.25) is 0 Å². The summed E-state index contributed by atoms with van der Waals surface area (Å²) < 4.78 is 8.77. The summed E-state index contributed by atoms with van der Waals surface area (Å²) in [7, 11) is 0. The molecule has 2 fully saturated rings. The van der Waals surface area contributed by atoms with E-state index in [4.69, 9.17) is 21.9 Å². The molecular formula is C33H36N4OS. The van der Waals surface area contributed by atoms with E-state index in [1.54, 1.807) is 0 Å². The molecule has 1 saturated heterocycles. The predicted octanol–water partition coefficient (Wildman–Crippen LogP) is 8.28. The maximum absolute atomic E-state index is 6.18. The maximum Gasteiger partial charge on any atom is 0.174 e. The Kier molecular flexibility index (Phi) is 7.13. The number of hydrogen-bond donors (Lipinski definition) is 1. The fourth-order valence-electron chi connectivity index (χ4n) is 6.42. The Morgan fingerprint density at radius 2 is 1.64 bits per heavy atom. The molecule has 1 N–H and O–H groups in total. The first-order valence-electron chi connectivity index (χ1n) is 14.0. The molecule has 39 heavy (non-hydrogen) atoms. The molecule has 3 heterocycles. The van der Waals surface area contributed by atoms with E-state index < -0.39 is 0 Å². The Balaban J connectivity index is 1.38. The lowest BCUT2D eigenvalue weighted by atomic mass is 9.94. The van der Waals surface area contributed by atoms with Crippen LogP contribution >= 0.6 is 12.2 Å². The summed E-state index contributed by atoms with van der Waals surface area (Å²) in [5.74, 6) is 1.67. The van der Waals surface area contributed by atoms with Crippen molar-refractivity contribution in [3.05, 3.63) is 107 Å². The van der Waals surface area contributed by atoms with Gasteiger partial charge in [0.05, 0.1) is 17.8 Å². The van der Waals surface area contributed by atoms with Gasteiger partial charge in [0.1, 0.15) is 11.5 Å². The van der Waals surface area contributed by atoms with Crippen LogP contribution < -0.4 is 15.0 Å². The monoisotopic (exact) mass is 536 g/mol. The van der Waals surface area contributed by atoms with Gasteiger partial charge in [0.2, 0.25) is 0 Å². The van der Waals surface area contributed by atoms with Gasteiger partial charge in [-0.25, -0.2) is 0 Å². The highest BCUT2D eigenvalue weighted by Gasteiger charge is 2.42. The van der Waals surface area contributed by atoms with E-state index in [2.05, 4.69) is 72.0 Å². The number of ether oxygens (including phenoxy) is 1. The highest BCUT2D eigenvalue weighted by atomic mass is 32.1. The Labute approximate surface area is 236 Å². The van der Waals surface area contributed by atoms with Crippen molar-refractivity contribution in [3.8, 4) is 11.5 Å². The standard InChI is InChI=1S/C33H36N4OS/c1-22-11-7-8-15-30(22)38-27-18-16-26(17-19-27)37-32(31(35-33(37)39)29-14-9-10-20-34-29)28-21-23(2)36(24(28)3)25-12-5-4-6-13-25/h7-11,14-21,25,31-32H,4-6,12-13H2,1-3H3,(H,35,39). The fraction of sp³-hybridized carbons (Fsp3) is 0.333. The van der Waals surface area contributed by atoms with Crippen molar-refractivity contribution in [2.75, 3.05) is 4.90 Å². The average Bonchev–Trinajstić information content (AvgIpc) is 3.46. The number of anilines is 1. The van der Waals surface area contributed by atoms with Crippen molar-refractivity contribution in [3.63, 3.8) is 0 Å². The van der Waals surface area contributed by atoms with Crippen molar-refractivity contribution < 1.29 is 4.74 Å². The molecule has 0 spiro atoms. The Morgan fingerprint density at radius 3 is 2.36 bits per heavy atom. The molecule has 1 aliphatic heterocycles. The summed E-state index contributed by atoms with van der Waals surface area (Å²) in [6.07, 6.45) is 8.35. The molecule has 0 amide bonds. The summed E-state index contributed by atoms with van der Waals surface area (Å²) in [6, 6.07) is 25.3. The predicted molar refractivity (Wildman–Crippen MR) is 162 cm³/mol. The number of aryl methyl sites for hydroxylation is 2. The van der Waals surface area contributed by atoms with Crippen molar-refractivity contribution in [1.29, 1.82) is 0 Å². The van der Waals surface area contributed by atoms with Crippen LogP contribution in [0.5, 0.6) is 11.5 Å². The zero-order valence-corrected chi connectivity index (χ0v) is 23.7. The quantitative estimate of drug-likeness (QED) is 0.251. The lowest BCUT2D eigenvalue weighted by Gasteiger charge is -2.30. The number of para-hydroxylation sites is 1. The minimum absolute atomic E-state index is 0.0147. The van der Waals surface area contributed by atoms with E-state index in [1.165, 1.54) is 49.1 Å². The first-order chi connectivity index (χ1) is 19.0. The van der Waals surface area contributed by atoms with Gasteiger partial charge in [-0.1, -0.05) is 43.5 Å². The van der Waals surface area contributed by atoms with Crippen LogP contribution in [-0.2, 0) is 0 Å². The van der Waals surface area contributed by atoms with E-state index in [0.717, 1.165) is 28.4 Å². The smallest absolute Gasteiger partial charge is 0.174 e. The SMILES string of the molecule is Cc1ccccc1Oc1ccc(N2C(=S)NC(c3ccccn3)C2c2cc(C)n(C3CCCCC3)c2C)cc1. The molecule has 0 bridgehead atoms. The Bertz CT molecular complexity index is 1460. The number of hydrogen-bond acceptors (Lipinski definition) is 3. The molecule has 2 unspecified atom stereocenters. The molecule has 6 rings (SSSR count). The highest BCUT2D eigenvalue weighted by molar-refractivity contribution is 7.80. The normalized spacial score (nSPS) is 19.8. The van der Waals surface area contributed by atoms with E-state index in [-0.39, 0.29) is 12.1 Å². The van der Waals surface area contributed by atoms with E-state index >= 15 is 0 Å². The largest absolute Gasteiger partial charge is 0.457 e. The van der Waals surface area contributed by atoms with Gasteiger partial charge in [-0.3, -0.25) is 4.98 Å². The summed E-state index contributed by atoms with van der Waals surface area (Å²) >= 11 is 5.99. The van der Waals surface area contributed by atoms with Crippen LogP contribution in [0.1, 0.15) is 78.4 Å². The second-order valence-corrected chi connectivity index (χ2v) is 11.2. The van der Waals surface area contributed by atoms with Crippen LogP contribution in [0.15, 0.2) is 79.0 Å². The maximum atomic E-state index is 6.18. The van der Waals surface area contributed by atoms with Crippen molar-refractivity contribution >= 4 is 23.0 Å². The topological polar surface area (TPSA) is 42.3 Å². The zero-order valence-electron chi connectivity index (χ0n) is 22.9. The lowest BCUT2D eigenvalue weighted by Crippen LogP contribution is -2.29. The molecule has 2 atom stereocenters. The van der Waals surface area contributed by atoms with Gasteiger partial charge >= 0.3 is 0 Å². The first kappa shape index (κ1) is 25.6. The zero-order chi connectivity index (χ0) is 26.9. The molecular weight excluding hydrogens is 500 g/mol. The average molecular weight is 537 g/mol. The van der Waals surface area contributed by atoms with Crippen molar-refractivity contribution in [2.45, 2.75) is 71.0 Å². The number of nitrogens with one attached hydrogen (secondary N) is 1. The molecule has 0 radical (unpaired) electrons. The number of rotatable bonds is 6. The molecule has 2 aliphatic rings. The highest BCUT2D eigenvalue weighted by Crippen LogP contribution is 2.45. The van der Waals surface area contributed by atoms with Gasteiger partial charge in [-0.05, 0) is 105 Å². The summed E-state index contributed by atoms with van der Waals surface area (Å²) in [6.45, 7) is 6.60. The lowest BCUT2D eigenvalue weighted by molar-refractivity contribution is 0.345. The Hall–Kier alpha value is -3.64. The van der Waals surface area contributed by atoms with Crippen LogP contribution in [0.3, 0.4) is 0 Å². The van der Waals surface area contributed by atoms with Gasteiger partial charge in [0.25, 0.3) is 0 Å². The van der Waals surface area contributed by atoms with E-state index in [1.807, 2.05) is 42.6 Å². The summed E-state index contributed by atoms with van der Waals surface area (Å²) in [5.41, 5.74) is 7.11. The second kappa shape index (κ2) is 10.9. The Morgan fingerprint density at radius 1 is 0.897 bits per heavy atom. The van der Waals surface area contributed by atoms with Crippen LogP contribution in [0, 0.1) is 20.8 Å². The van der Waals surface area contributed by atoms with E-state index in [9.17, 15) is 0 Å². The number of pyridine rings is 1. The molecule has 4 aromatic rings. The van der Waals surface area contributed by atoms with Crippen molar-refractivity contribution in [2.24, 2.45) is 0 Å². The van der Waals surface area contributed by atoms with Crippen LogP contribution in [0.25, 0.3) is 0 Å². The van der Waals surface area contributed by atoms with Gasteiger partial charge in [0.15, 0.2) is 5.11 Å². The van der Waals surface area contributed by atoms with Gasteiger partial charge in [0, 0.05) is 29.3 Å². The van der Waals surface area contributed by atoms with Crippen LogP contribution in [-0.4, -0.2) is 14.7 Å². The molecule has 1 saturated carbocycles. The third-order valence-corrected chi connectivity index (χ3v) is 8.63. The second-order valence-electron chi connectivity index (χ2n) is 10.8. The number of aromatic nitrogens is 2. The first-order valence-corrected chi connectivity index (χ1v) is 14.4. The molecule has 6 heteroatoms. The van der Waals surface area contributed by atoms with Crippen molar-refractivity contribution in [1.82, 2.24) is 14.9 Å². The summed E-state index contributed by atoms with van der Waals surface area (Å²) in [4.78, 5) is 7.00.